The number of nitrogens with zero attached hydrogens (tertiary/aromatic N) is 4. The molecule has 1 saturated heterocycles. The molecular weight excluding hydrogens is 426 g/mol. The van der Waals surface area contributed by atoms with E-state index in [9.17, 15) is 4.39 Å². The molecule has 0 radical (unpaired) electrons. The van der Waals surface area contributed by atoms with Crippen LogP contribution in [0.4, 0.5) is 10.3 Å². The molecular formula is C18H22Cl3FN6. The van der Waals surface area contributed by atoms with Crippen molar-refractivity contribution in [1.29, 1.82) is 0 Å². The van der Waals surface area contributed by atoms with Gasteiger partial charge in [-0.25, -0.2) is 19.3 Å². The van der Waals surface area contributed by atoms with Crippen LogP contribution in [0.2, 0.25) is 0 Å². The fourth-order valence-electron chi connectivity index (χ4n) is 3.30. The summed E-state index contributed by atoms with van der Waals surface area (Å²) in [7, 11) is 0. The van der Waals surface area contributed by atoms with Crippen molar-refractivity contribution in [2.24, 2.45) is 0 Å². The summed E-state index contributed by atoms with van der Waals surface area (Å²) < 4.78 is 15.5. The molecule has 0 bridgehead atoms. The molecule has 0 atom stereocenters. The molecule has 1 fully saturated rings. The van der Waals surface area contributed by atoms with Crippen molar-refractivity contribution in [2.45, 2.75) is 18.9 Å². The second-order valence-corrected chi connectivity index (χ2v) is 6.14. The van der Waals surface area contributed by atoms with Gasteiger partial charge in [0, 0.05) is 17.8 Å². The minimum absolute atomic E-state index is 0. The lowest BCUT2D eigenvalue weighted by Crippen LogP contribution is -2.29. The summed E-state index contributed by atoms with van der Waals surface area (Å²) in [5, 5.41) is 3.38. The first-order chi connectivity index (χ1) is 12.2. The summed E-state index contributed by atoms with van der Waals surface area (Å²) in [6, 6.07) is 8.53. The first-order valence-electron chi connectivity index (χ1n) is 8.35. The predicted molar refractivity (Wildman–Crippen MR) is 116 cm³/mol. The second-order valence-electron chi connectivity index (χ2n) is 6.14. The highest BCUT2D eigenvalue weighted by Gasteiger charge is 2.23. The van der Waals surface area contributed by atoms with Crippen molar-refractivity contribution in [1.82, 2.24) is 24.8 Å². The van der Waals surface area contributed by atoms with Crippen LogP contribution in [0.15, 0.2) is 42.9 Å². The van der Waals surface area contributed by atoms with Crippen LogP contribution in [-0.2, 0) is 0 Å². The Labute approximate surface area is 181 Å². The van der Waals surface area contributed by atoms with Crippen LogP contribution in [0.5, 0.6) is 0 Å². The molecule has 4 rings (SSSR count). The molecule has 0 aliphatic carbocycles. The summed E-state index contributed by atoms with van der Waals surface area (Å²) >= 11 is 0. The average Bonchev–Trinajstić information content (AvgIpc) is 3.08. The number of piperidine rings is 1. The quantitative estimate of drug-likeness (QED) is 0.636. The van der Waals surface area contributed by atoms with E-state index in [-0.39, 0.29) is 49.0 Å². The lowest BCUT2D eigenvalue weighted by atomic mass is 10.0. The number of nitrogens with one attached hydrogen (secondary N) is 1. The molecule has 10 heteroatoms. The Morgan fingerprint density at radius 3 is 2.32 bits per heavy atom. The smallest absolute Gasteiger partial charge is 0.220 e. The molecule has 0 spiro atoms. The SMILES string of the molecule is Cl.Cl.Cl.Nc1nccc(-c2c(-c3ccc(F)cc3)ncn2C2CCNCC2)n1. The highest BCUT2D eigenvalue weighted by atomic mass is 35.5. The Balaban J connectivity index is 0.00000131. The summed E-state index contributed by atoms with van der Waals surface area (Å²) in [4.78, 5) is 13.0. The zero-order valence-corrected chi connectivity index (χ0v) is 17.4. The maximum Gasteiger partial charge on any atom is 0.220 e. The van der Waals surface area contributed by atoms with Crippen LogP contribution >= 0.6 is 37.2 Å². The van der Waals surface area contributed by atoms with E-state index in [1.54, 1.807) is 18.3 Å². The van der Waals surface area contributed by atoms with Gasteiger partial charge in [-0.1, -0.05) is 0 Å². The number of rotatable bonds is 3. The standard InChI is InChI=1S/C18H19FN6.3ClH/c19-13-3-1-12(2-4-13)16-17(15-7-10-22-18(20)24-15)25(11-23-16)14-5-8-21-9-6-14;;;/h1-4,7,10-11,14,21H,5-6,8-9H2,(H2,20,22,24);3*1H. The molecule has 0 amide bonds. The van der Waals surface area contributed by atoms with Gasteiger partial charge in [-0.2, -0.15) is 0 Å². The summed E-state index contributed by atoms with van der Waals surface area (Å²) in [6.07, 6.45) is 5.54. The van der Waals surface area contributed by atoms with E-state index in [0.29, 0.717) is 6.04 Å². The summed E-state index contributed by atoms with van der Waals surface area (Å²) in [5.41, 5.74) is 9.03. The molecule has 152 valence electrons. The molecule has 3 heterocycles. The van der Waals surface area contributed by atoms with Crippen molar-refractivity contribution in [3.05, 3.63) is 48.7 Å². The zero-order chi connectivity index (χ0) is 17.2. The van der Waals surface area contributed by atoms with Crippen LogP contribution in [-0.4, -0.2) is 32.6 Å². The third-order valence-corrected chi connectivity index (χ3v) is 4.53. The fraction of sp³-hybridized carbons (Fsp3) is 0.278. The number of aromatic nitrogens is 4. The number of halogens is 4. The normalized spacial score (nSPS) is 13.8. The molecule has 6 nitrogen and oxygen atoms in total. The molecule has 0 unspecified atom stereocenters. The van der Waals surface area contributed by atoms with Gasteiger partial charge in [0.25, 0.3) is 0 Å². The molecule has 2 aromatic heterocycles. The molecule has 28 heavy (non-hydrogen) atoms. The third-order valence-electron chi connectivity index (χ3n) is 4.53. The van der Waals surface area contributed by atoms with Crippen LogP contribution in [0, 0.1) is 5.82 Å². The van der Waals surface area contributed by atoms with E-state index in [2.05, 4.69) is 24.8 Å². The number of hydrogen-bond donors (Lipinski definition) is 2. The van der Waals surface area contributed by atoms with Gasteiger partial charge in [0.05, 0.1) is 23.4 Å². The number of benzene rings is 1. The summed E-state index contributed by atoms with van der Waals surface area (Å²) in [5.74, 6) is -0.0463. The lowest BCUT2D eigenvalue weighted by Gasteiger charge is -2.25. The Hall–Kier alpha value is -1.93. The third kappa shape index (κ3) is 4.91. The number of hydrogen-bond acceptors (Lipinski definition) is 5. The Kier molecular flexibility index (Phi) is 9.10. The van der Waals surface area contributed by atoms with Crippen molar-refractivity contribution >= 4 is 43.2 Å². The fourth-order valence-corrected chi connectivity index (χ4v) is 3.30. The molecule has 1 aliphatic heterocycles. The van der Waals surface area contributed by atoms with Crippen molar-refractivity contribution < 1.29 is 4.39 Å². The van der Waals surface area contributed by atoms with Gasteiger partial charge < -0.3 is 15.6 Å². The Morgan fingerprint density at radius 1 is 1.00 bits per heavy atom. The van der Waals surface area contributed by atoms with Gasteiger partial charge in [0.1, 0.15) is 5.82 Å². The Bertz CT molecular complexity index is 881. The topological polar surface area (TPSA) is 81.6 Å². The molecule has 1 aromatic carbocycles. The largest absolute Gasteiger partial charge is 0.368 e. The van der Waals surface area contributed by atoms with E-state index < -0.39 is 0 Å². The molecule has 0 saturated carbocycles. The molecule has 1 aliphatic rings. The van der Waals surface area contributed by atoms with Crippen molar-refractivity contribution in [3.8, 4) is 22.6 Å². The zero-order valence-electron chi connectivity index (χ0n) is 14.9. The predicted octanol–water partition coefficient (Wildman–Crippen LogP) is 3.92. The number of anilines is 1. The van der Waals surface area contributed by atoms with E-state index in [0.717, 1.165) is 48.6 Å². The van der Waals surface area contributed by atoms with E-state index in [1.165, 1.54) is 12.1 Å². The van der Waals surface area contributed by atoms with Crippen molar-refractivity contribution in [2.75, 3.05) is 18.8 Å². The molecule has 3 aromatic rings. The van der Waals surface area contributed by atoms with E-state index in [1.807, 2.05) is 12.4 Å². The van der Waals surface area contributed by atoms with Gasteiger partial charge in [-0.3, -0.25) is 0 Å². The van der Waals surface area contributed by atoms with Gasteiger partial charge >= 0.3 is 0 Å². The van der Waals surface area contributed by atoms with E-state index in [4.69, 9.17) is 5.73 Å². The highest BCUT2D eigenvalue weighted by Crippen LogP contribution is 2.34. The first-order valence-corrected chi connectivity index (χ1v) is 8.35. The minimum Gasteiger partial charge on any atom is -0.368 e. The number of nitrogen functional groups attached to an aromatic ring is 1. The van der Waals surface area contributed by atoms with Crippen molar-refractivity contribution in [3.63, 3.8) is 0 Å². The maximum atomic E-state index is 13.3. The highest BCUT2D eigenvalue weighted by molar-refractivity contribution is 5.86. The monoisotopic (exact) mass is 446 g/mol. The van der Waals surface area contributed by atoms with Crippen LogP contribution < -0.4 is 11.1 Å². The number of imidazole rings is 1. The van der Waals surface area contributed by atoms with Gasteiger partial charge in [0.2, 0.25) is 5.95 Å². The molecule has 3 N–H and O–H groups in total. The minimum atomic E-state index is -0.269. The van der Waals surface area contributed by atoms with Crippen LogP contribution in [0.3, 0.4) is 0 Å². The first kappa shape index (κ1) is 24.1. The maximum absolute atomic E-state index is 13.3. The Morgan fingerprint density at radius 2 is 1.68 bits per heavy atom. The second kappa shape index (κ2) is 10.6. The number of nitrogens with two attached hydrogens (primary N) is 1. The van der Waals surface area contributed by atoms with Gasteiger partial charge in [-0.05, 0) is 56.3 Å². The van der Waals surface area contributed by atoms with Crippen LogP contribution in [0.25, 0.3) is 22.6 Å². The lowest BCUT2D eigenvalue weighted by molar-refractivity contribution is 0.370. The van der Waals surface area contributed by atoms with Gasteiger partial charge in [0.15, 0.2) is 0 Å². The van der Waals surface area contributed by atoms with E-state index >= 15 is 0 Å². The average molecular weight is 448 g/mol. The van der Waals surface area contributed by atoms with Gasteiger partial charge in [-0.15, -0.1) is 37.2 Å². The van der Waals surface area contributed by atoms with Crippen LogP contribution in [0.1, 0.15) is 18.9 Å². The summed E-state index contributed by atoms with van der Waals surface area (Å²) in [6.45, 7) is 1.94.